The summed E-state index contributed by atoms with van der Waals surface area (Å²) in [5, 5.41) is 28.5. The van der Waals surface area contributed by atoms with Gasteiger partial charge in [0, 0.05) is 0 Å². The zero-order chi connectivity index (χ0) is 16.5. The molecule has 2 aromatic carbocycles. The number of anilines is 1. The van der Waals surface area contributed by atoms with E-state index in [1.165, 1.54) is 12.1 Å². The van der Waals surface area contributed by atoms with Crippen LogP contribution in [0.2, 0.25) is 0 Å². The van der Waals surface area contributed by atoms with Crippen molar-refractivity contribution in [2.24, 2.45) is 0 Å². The minimum absolute atomic E-state index is 0. The van der Waals surface area contributed by atoms with E-state index in [0.29, 0.717) is 23.4 Å². The fraction of sp³-hybridized carbons (Fsp3) is 0.0526. The van der Waals surface area contributed by atoms with Gasteiger partial charge in [-0.25, -0.2) is 4.98 Å². The van der Waals surface area contributed by atoms with Crippen LogP contribution < -0.4 is 15.5 Å². The molecule has 0 aliphatic heterocycles. The number of pyridine rings is 2. The van der Waals surface area contributed by atoms with E-state index >= 15 is 0 Å². The van der Waals surface area contributed by atoms with Crippen molar-refractivity contribution in [1.29, 1.82) is 0 Å². The van der Waals surface area contributed by atoms with E-state index in [9.17, 15) is 10.2 Å². The van der Waals surface area contributed by atoms with Gasteiger partial charge in [0.25, 0.3) is 0 Å². The quantitative estimate of drug-likeness (QED) is 0.554. The van der Waals surface area contributed by atoms with Crippen molar-refractivity contribution in [2.45, 2.75) is 6.54 Å². The summed E-state index contributed by atoms with van der Waals surface area (Å²) in [4.78, 5) is 8.76. The smallest absolute Gasteiger partial charge is 0.871 e. The molecule has 2 heterocycles. The molecule has 0 bridgehead atoms. The molecule has 0 atom stereocenters. The van der Waals surface area contributed by atoms with Crippen molar-refractivity contribution in [3.05, 3.63) is 66.4 Å². The molecule has 0 unspecified atom stereocenters. The van der Waals surface area contributed by atoms with Gasteiger partial charge < -0.3 is 15.5 Å². The number of aromatic nitrogens is 2. The molecule has 0 spiro atoms. The Morgan fingerprint density at radius 1 is 0.720 bits per heavy atom. The van der Waals surface area contributed by atoms with Gasteiger partial charge >= 0.3 is 17.1 Å². The van der Waals surface area contributed by atoms with E-state index in [1.54, 1.807) is 12.1 Å². The Kier molecular flexibility index (Phi) is 4.74. The molecule has 0 saturated heterocycles. The molecule has 5 nitrogen and oxygen atoms in total. The van der Waals surface area contributed by atoms with Crippen molar-refractivity contribution in [2.75, 3.05) is 5.32 Å². The second-order valence-electron chi connectivity index (χ2n) is 5.51. The van der Waals surface area contributed by atoms with Crippen LogP contribution in [0.3, 0.4) is 0 Å². The molecule has 1 radical (unpaired) electrons. The maximum Gasteiger partial charge on any atom is 2.00 e. The van der Waals surface area contributed by atoms with E-state index in [1.807, 2.05) is 36.4 Å². The van der Waals surface area contributed by atoms with Gasteiger partial charge in [-0.2, -0.15) is 0 Å². The van der Waals surface area contributed by atoms with Gasteiger partial charge in [0.1, 0.15) is 5.82 Å². The van der Waals surface area contributed by atoms with Crippen LogP contribution in [0.1, 0.15) is 5.69 Å². The maximum absolute atomic E-state index is 11.9. The van der Waals surface area contributed by atoms with E-state index in [2.05, 4.69) is 15.3 Å². The summed E-state index contributed by atoms with van der Waals surface area (Å²) < 4.78 is 0. The summed E-state index contributed by atoms with van der Waals surface area (Å²) in [6.07, 6.45) is 0. The SMILES string of the molecule is [Cu+2].[O-]c1cccc2ccc(CNc3ccc4cccc([O-])c4n3)nc12. The zero-order valence-electron chi connectivity index (χ0n) is 13.0. The van der Waals surface area contributed by atoms with Gasteiger partial charge in [-0.05, 0) is 29.0 Å². The number of nitrogens with one attached hydrogen (secondary N) is 1. The predicted octanol–water partition coefficient (Wildman–Crippen LogP) is 2.54. The van der Waals surface area contributed by atoms with Crippen molar-refractivity contribution < 1.29 is 27.3 Å². The second kappa shape index (κ2) is 6.97. The fourth-order valence-corrected chi connectivity index (χ4v) is 2.66. The number of rotatable bonds is 3. The van der Waals surface area contributed by atoms with Crippen LogP contribution in [-0.4, -0.2) is 9.97 Å². The number of benzene rings is 2. The summed E-state index contributed by atoms with van der Waals surface area (Å²) in [5.41, 5.74) is 1.64. The van der Waals surface area contributed by atoms with Crippen molar-refractivity contribution in [3.8, 4) is 11.5 Å². The third kappa shape index (κ3) is 3.36. The number of nitrogens with zero attached hydrogens (tertiary/aromatic N) is 2. The van der Waals surface area contributed by atoms with Crippen LogP contribution in [-0.2, 0) is 23.6 Å². The molecule has 4 rings (SSSR count). The van der Waals surface area contributed by atoms with Crippen LogP contribution >= 0.6 is 0 Å². The minimum atomic E-state index is -0.101. The topological polar surface area (TPSA) is 83.9 Å². The third-order valence-electron chi connectivity index (χ3n) is 3.87. The largest absolute Gasteiger partial charge is 2.00 e. The summed E-state index contributed by atoms with van der Waals surface area (Å²) in [7, 11) is 0. The first-order valence-corrected chi connectivity index (χ1v) is 7.57. The van der Waals surface area contributed by atoms with Crippen LogP contribution in [0, 0.1) is 0 Å². The molecule has 127 valence electrons. The summed E-state index contributed by atoms with van der Waals surface area (Å²) in [5.74, 6) is 0.410. The Morgan fingerprint density at radius 3 is 2.00 bits per heavy atom. The molecule has 0 amide bonds. The molecular formula is C19H13CuN3O2. The standard InChI is InChI=1S/C19H15N3O2.Cu/c23-15-5-1-3-12-7-9-14(21-18(12)15)11-20-17-10-8-13-4-2-6-16(24)19(13)22-17;/h1-10,23-24H,11H2,(H,20,22);/q;+2/p-2. The molecule has 6 heteroatoms. The summed E-state index contributed by atoms with van der Waals surface area (Å²) in [6, 6.07) is 17.6. The first-order valence-electron chi connectivity index (χ1n) is 7.57. The monoisotopic (exact) mass is 378 g/mol. The molecule has 0 saturated carbocycles. The Bertz CT molecular complexity index is 968. The van der Waals surface area contributed by atoms with E-state index in [0.717, 1.165) is 16.5 Å². The van der Waals surface area contributed by atoms with Crippen LogP contribution in [0.4, 0.5) is 5.82 Å². The van der Waals surface area contributed by atoms with Crippen molar-refractivity contribution in [3.63, 3.8) is 0 Å². The van der Waals surface area contributed by atoms with Crippen LogP contribution in [0.5, 0.6) is 11.5 Å². The normalized spacial score (nSPS) is 10.6. The average Bonchev–Trinajstić information content (AvgIpc) is 2.61. The first-order chi connectivity index (χ1) is 11.7. The van der Waals surface area contributed by atoms with Gasteiger partial charge in [0.2, 0.25) is 0 Å². The van der Waals surface area contributed by atoms with Gasteiger partial charge in [-0.15, -0.1) is 0 Å². The molecule has 0 aliphatic rings. The molecule has 4 aromatic rings. The molecule has 2 aromatic heterocycles. The van der Waals surface area contributed by atoms with Crippen LogP contribution in [0.25, 0.3) is 21.8 Å². The Morgan fingerprint density at radius 2 is 1.32 bits per heavy atom. The number of hydrogen-bond donors (Lipinski definition) is 1. The molecule has 0 fully saturated rings. The molecule has 0 aliphatic carbocycles. The Hall–Kier alpha value is -2.82. The third-order valence-corrected chi connectivity index (χ3v) is 3.87. The Labute approximate surface area is 154 Å². The predicted molar refractivity (Wildman–Crippen MR) is 89.7 cm³/mol. The molecular weight excluding hydrogens is 366 g/mol. The van der Waals surface area contributed by atoms with E-state index in [-0.39, 0.29) is 28.6 Å². The van der Waals surface area contributed by atoms with E-state index < -0.39 is 0 Å². The van der Waals surface area contributed by atoms with Gasteiger partial charge in [-0.3, -0.25) is 4.98 Å². The summed E-state index contributed by atoms with van der Waals surface area (Å²) in [6.45, 7) is 0.420. The van der Waals surface area contributed by atoms with Crippen molar-refractivity contribution in [1.82, 2.24) is 9.97 Å². The number of para-hydroxylation sites is 2. The minimum Gasteiger partial charge on any atom is -0.871 e. The van der Waals surface area contributed by atoms with Gasteiger partial charge in [0.15, 0.2) is 0 Å². The number of hydrogen-bond acceptors (Lipinski definition) is 5. The van der Waals surface area contributed by atoms with Crippen LogP contribution in [0.15, 0.2) is 60.7 Å². The fourth-order valence-electron chi connectivity index (χ4n) is 2.66. The van der Waals surface area contributed by atoms with Crippen molar-refractivity contribution >= 4 is 27.6 Å². The summed E-state index contributed by atoms with van der Waals surface area (Å²) >= 11 is 0. The zero-order valence-corrected chi connectivity index (χ0v) is 13.9. The average molecular weight is 379 g/mol. The number of fused-ring (bicyclic) bond motifs is 2. The second-order valence-corrected chi connectivity index (χ2v) is 5.51. The Balaban J connectivity index is 0.00000182. The van der Waals surface area contributed by atoms with Gasteiger partial charge in [-0.1, -0.05) is 54.0 Å². The van der Waals surface area contributed by atoms with E-state index in [4.69, 9.17) is 0 Å². The molecule has 25 heavy (non-hydrogen) atoms. The molecule has 1 N–H and O–H groups in total. The first kappa shape index (κ1) is 17.0. The van der Waals surface area contributed by atoms with Gasteiger partial charge in [0.05, 0.1) is 23.3 Å². The maximum atomic E-state index is 11.9.